The normalized spacial score (nSPS) is 27.1. The molecular formula is C13H22N4O. The first-order chi connectivity index (χ1) is 8.76. The summed E-state index contributed by atoms with van der Waals surface area (Å²) in [6.07, 6.45) is 4.68. The molecule has 3 atom stereocenters. The van der Waals surface area contributed by atoms with Gasteiger partial charge in [0, 0.05) is 25.3 Å². The fourth-order valence-electron chi connectivity index (χ4n) is 2.53. The molecule has 3 unspecified atom stereocenters. The topological polar surface area (TPSA) is 64.3 Å². The molecule has 1 aliphatic heterocycles. The summed E-state index contributed by atoms with van der Waals surface area (Å²) in [6, 6.07) is 2.53. The predicted octanol–water partition coefficient (Wildman–Crippen LogP) is 0.976. The molecule has 1 aromatic heterocycles. The van der Waals surface area contributed by atoms with Crippen LogP contribution in [0.3, 0.4) is 0 Å². The molecule has 0 amide bonds. The minimum absolute atomic E-state index is 0.157. The summed E-state index contributed by atoms with van der Waals surface area (Å²) < 4.78 is 5.73. The van der Waals surface area contributed by atoms with Crippen LogP contribution < -0.4 is 5.73 Å². The molecule has 5 heteroatoms. The Morgan fingerprint density at radius 2 is 2.44 bits per heavy atom. The van der Waals surface area contributed by atoms with Crippen molar-refractivity contribution in [1.82, 2.24) is 14.9 Å². The number of rotatable bonds is 4. The van der Waals surface area contributed by atoms with Crippen molar-refractivity contribution in [3.05, 3.63) is 24.3 Å². The highest BCUT2D eigenvalue weighted by Gasteiger charge is 2.31. The summed E-state index contributed by atoms with van der Waals surface area (Å²) in [5.74, 6) is 0. The van der Waals surface area contributed by atoms with Crippen LogP contribution in [0.25, 0.3) is 0 Å². The predicted molar refractivity (Wildman–Crippen MR) is 70.0 cm³/mol. The van der Waals surface area contributed by atoms with Gasteiger partial charge in [0.05, 0.1) is 24.4 Å². The lowest BCUT2D eigenvalue weighted by atomic mass is 10.0. The van der Waals surface area contributed by atoms with Gasteiger partial charge in [0.1, 0.15) is 6.33 Å². The van der Waals surface area contributed by atoms with Gasteiger partial charge in [-0.1, -0.05) is 6.92 Å². The van der Waals surface area contributed by atoms with Crippen LogP contribution in [0.5, 0.6) is 0 Å². The van der Waals surface area contributed by atoms with Crippen molar-refractivity contribution in [2.24, 2.45) is 5.73 Å². The van der Waals surface area contributed by atoms with Gasteiger partial charge in [-0.3, -0.25) is 4.90 Å². The number of aromatic nitrogens is 2. The molecular weight excluding hydrogens is 228 g/mol. The Bertz CT molecular complexity index is 359. The number of hydrogen-bond acceptors (Lipinski definition) is 5. The Hall–Kier alpha value is -1.04. The van der Waals surface area contributed by atoms with E-state index in [4.69, 9.17) is 10.5 Å². The van der Waals surface area contributed by atoms with Crippen molar-refractivity contribution in [3.8, 4) is 0 Å². The third-order valence-electron chi connectivity index (χ3n) is 3.55. The molecule has 2 heterocycles. The molecule has 18 heavy (non-hydrogen) atoms. The molecule has 1 saturated heterocycles. The van der Waals surface area contributed by atoms with Crippen LogP contribution in [0, 0.1) is 0 Å². The van der Waals surface area contributed by atoms with Crippen molar-refractivity contribution in [1.29, 1.82) is 0 Å². The van der Waals surface area contributed by atoms with Gasteiger partial charge in [-0.05, 0) is 19.4 Å². The second kappa shape index (κ2) is 6.22. The van der Waals surface area contributed by atoms with E-state index in [-0.39, 0.29) is 12.1 Å². The van der Waals surface area contributed by atoms with E-state index in [9.17, 15) is 0 Å². The highest BCUT2D eigenvalue weighted by molar-refractivity contribution is 5.07. The standard InChI is InChI=1S/C13H22N4O/c1-3-11-8-18-10(2)7-17(11)13(6-14)12-4-5-15-9-16-12/h4-5,9-11,13H,3,6-8,14H2,1-2H3. The SMILES string of the molecule is CCC1COC(C)CN1C(CN)c1ccncn1. The Morgan fingerprint density at radius 3 is 3.06 bits per heavy atom. The molecule has 2 rings (SSSR count). The number of ether oxygens (including phenoxy) is 1. The summed E-state index contributed by atoms with van der Waals surface area (Å²) >= 11 is 0. The maximum Gasteiger partial charge on any atom is 0.115 e. The number of hydrogen-bond donors (Lipinski definition) is 1. The van der Waals surface area contributed by atoms with Gasteiger partial charge < -0.3 is 10.5 Å². The molecule has 100 valence electrons. The summed E-state index contributed by atoms with van der Waals surface area (Å²) in [4.78, 5) is 10.7. The Kier molecular flexibility index (Phi) is 4.63. The zero-order chi connectivity index (χ0) is 13.0. The van der Waals surface area contributed by atoms with E-state index < -0.39 is 0 Å². The first kappa shape index (κ1) is 13.4. The monoisotopic (exact) mass is 250 g/mol. The summed E-state index contributed by atoms with van der Waals surface area (Å²) in [6.45, 7) is 6.54. The van der Waals surface area contributed by atoms with E-state index in [0.29, 0.717) is 12.6 Å². The third kappa shape index (κ3) is 2.85. The van der Waals surface area contributed by atoms with Crippen LogP contribution >= 0.6 is 0 Å². The van der Waals surface area contributed by atoms with E-state index >= 15 is 0 Å². The van der Waals surface area contributed by atoms with Crippen molar-refractivity contribution in [3.63, 3.8) is 0 Å². The fraction of sp³-hybridized carbons (Fsp3) is 0.692. The van der Waals surface area contributed by atoms with Crippen LogP contribution in [0.1, 0.15) is 32.0 Å². The van der Waals surface area contributed by atoms with Crippen LogP contribution in [0.2, 0.25) is 0 Å². The summed E-state index contributed by atoms with van der Waals surface area (Å²) in [5, 5.41) is 0. The quantitative estimate of drug-likeness (QED) is 0.863. The fourth-order valence-corrected chi connectivity index (χ4v) is 2.53. The van der Waals surface area contributed by atoms with Gasteiger partial charge in [0.2, 0.25) is 0 Å². The highest BCUT2D eigenvalue weighted by Crippen LogP contribution is 2.25. The zero-order valence-corrected chi connectivity index (χ0v) is 11.1. The molecule has 1 fully saturated rings. The minimum Gasteiger partial charge on any atom is -0.376 e. The van der Waals surface area contributed by atoms with Crippen LogP contribution in [-0.4, -0.2) is 46.7 Å². The van der Waals surface area contributed by atoms with Crippen molar-refractivity contribution in [2.75, 3.05) is 19.7 Å². The number of morpholine rings is 1. The molecule has 1 aliphatic rings. The van der Waals surface area contributed by atoms with Crippen molar-refractivity contribution < 1.29 is 4.74 Å². The molecule has 0 aliphatic carbocycles. The molecule has 2 N–H and O–H groups in total. The van der Waals surface area contributed by atoms with Crippen LogP contribution in [0.15, 0.2) is 18.6 Å². The van der Waals surface area contributed by atoms with Gasteiger partial charge in [0.15, 0.2) is 0 Å². The maximum atomic E-state index is 5.96. The van der Waals surface area contributed by atoms with Gasteiger partial charge >= 0.3 is 0 Å². The average molecular weight is 250 g/mol. The average Bonchev–Trinajstić information content (AvgIpc) is 2.41. The molecule has 0 aromatic carbocycles. The lowest BCUT2D eigenvalue weighted by Crippen LogP contribution is -2.51. The molecule has 0 saturated carbocycles. The third-order valence-corrected chi connectivity index (χ3v) is 3.55. The van der Waals surface area contributed by atoms with E-state index in [1.165, 1.54) is 0 Å². The van der Waals surface area contributed by atoms with E-state index in [0.717, 1.165) is 25.3 Å². The summed E-state index contributed by atoms with van der Waals surface area (Å²) in [5.41, 5.74) is 6.96. The van der Waals surface area contributed by atoms with Gasteiger partial charge in [-0.15, -0.1) is 0 Å². The van der Waals surface area contributed by atoms with Crippen molar-refractivity contribution >= 4 is 0 Å². The molecule has 0 bridgehead atoms. The number of nitrogens with two attached hydrogens (primary N) is 1. The second-order valence-electron chi connectivity index (χ2n) is 4.79. The first-order valence-corrected chi connectivity index (χ1v) is 6.59. The largest absolute Gasteiger partial charge is 0.376 e. The second-order valence-corrected chi connectivity index (χ2v) is 4.79. The van der Waals surface area contributed by atoms with E-state index in [1.807, 2.05) is 6.07 Å². The van der Waals surface area contributed by atoms with Gasteiger partial charge in [-0.2, -0.15) is 0 Å². The maximum absolute atomic E-state index is 5.96. The molecule has 1 aromatic rings. The number of nitrogens with zero attached hydrogens (tertiary/aromatic N) is 3. The smallest absolute Gasteiger partial charge is 0.115 e. The highest BCUT2D eigenvalue weighted by atomic mass is 16.5. The Morgan fingerprint density at radius 1 is 1.61 bits per heavy atom. The molecule has 0 spiro atoms. The van der Waals surface area contributed by atoms with E-state index in [1.54, 1.807) is 12.5 Å². The first-order valence-electron chi connectivity index (χ1n) is 6.59. The van der Waals surface area contributed by atoms with Gasteiger partial charge in [0.25, 0.3) is 0 Å². The zero-order valence-electron chi connectivity index (χ0n) is 11.1. The van der Waals surface area contributed by atoms with Crippen LogP contribution in [0.4, 0.5) is 0 Å². The molecule has 5 nitrogen and oxygen atoms in total. The van der Waals surface area contributed by atoms with Gasteiger partial charge in [-0.25, -0.2) is 9.97 Å². The minimum atomic E-state index is 0.157. The Labute approximate surface area is 108 Å². The molecule has 0 radical (unpaired) electrons. The van der Waals surface area contributed by atoms with E-state index in [2.05, 4.69) is 28.7 Å². The lowest BCUT2D eigenvalue weighted by molar-refractivity contribution is -0.0725. The lowest BCUT2D eigenvalue weighted by Gasteiger charge is -2.42. The van der Waals surface area contributed by atoms with Crippen LogP contribution in [-0.2, 0) is 4.74 Å². The van der Waals surface area contributed by atoms with Crippen molar-refractivity contribution in [2.45, 2.75) is 38.5 Å². The summed E-state index contributed by atoms with van der Waals surface area (Å²) in [7, 11) is 0. The Balaban J connectivity index is 2.19.